The van der Waals surface area contributed by atoms with E-state index in [1.807, 2.05) is 19.9 Å². The van der Waals surface area contributed by atoms with Crippen LogP contribution in [-0.4, -0.2) is 18.2 Å². The van der Waals surface area contributed by atoms with Gasteiger partial charge in [-0.3, -0.25) is 4.79 Å². The molecule has 20 heavy (non-hydrogen) atoms. The summed E-state index contributed by atoms with van der Waals surface area (Å²) >= 11 is 0. The summed E-state index contributed by atoms with van der Waals surface area (Å²) in [6, 6.07) is 10.4. The number of rotatable bonds is 4. The minimum atomic E-state index is -0.269. The Morgan fingerprint density at radius 3 is 2.65 bits per heavy atom. The number of carbonyl (C=O) groups is 1. The summed E-state index contributed by atoms with van der Waals surface area (Å²) in [4.78, 5) is 11.0. The Balaban J connectivity index is 1.92. The molecule has 0 unspecified atom stereocenters. The van der Waals surface area contributed by atoms with Gasteiger partial charge in [0.15, 0.2) is 0 Å². The van der Waals surface area contributed by atoms with Crippen molar-refractivity contribution in [3.63, 3.8) is 0 Å². The van der Waals surface area contributed by atoms with Crippen molar-refractivity contribution in [3.05, 3.63) is 47.2 Å². The first-order valence-corrected chi connectivity index (χ1v) is 7.13. The minimum absolute atomic E-state index is 0.0372. The molecule has 0 aromatic heterocycles. The molecule has 2 rings (SSSR count). The van der Waals surface area contributed by atoms with Gasteiger partial charge in [0.25, 0.3) is 0 Å². The smallest absolute Gasteiger partial charge is 0.307 e. The Morgan fingerprint density at radius 2 is 2.00 bits per heavy atom. The van der Waals surface area contributed by atoms with Crippen LogP contribution in [0.25, 0.3) is 0 Å². The first-order valence-electron chi connectivity index (χ1n) is 7.13. The number of benzene rings is 1. The van der Waals surface area contributed by atoms with Gasteiger partial charge < -0.3 is 9.47 Å². The fourth-order valence-electron chi connectivity index (χ4n) is 2.68. The molecule has 0 aliphatic carbocycles. The second-order valence-electron chi connectivity index (χ2n) is 5.30. The molecule has 1 fully saturated rings. The number of allylic oxidation sites excluding steroid dienone is 1. The molecule has 108 valence electrons. The van der Waals surface area contributed by atoms with Gasteiger partial charge in [-0.15, -0.1) is 0 Å². The third-order valence-corrected chi connectivity index (χ3v) is 3.68. The van der Waals surface area contributed by atoms with E-state index in [9.17, 15) is 4.79 Å². The highest BCUT2D eigenvalue weighted by Crippen LogP contribution is 2.31. The standard InChI is InChI=1S/C17H22O3/c1-12(19-14(3)18)17-11-16(20-13(17)2)10-9-15-7-5-4-6-8-15/h4-8,13,16H,9-11H2,1-3H3/b17-12+/t13-,16+/m1/s1. The number of hydrogen-bond donors (Lipinski definition) is 0. The summed E-state index contributed by atoms with van der Waals surface area (Å²) in [5, 5.41) is 0. The number of ether oxygens (including phenoxy) is 2. The Kier molecular flexibility index (Phi) is 4.96. The van der Waals surface area contributed by atoms with Gasteiger partial charge >= 0.3 is 5.97 Å². The van der Waals surface area contributed by atoms with Crippen molar-refractivity contribution in [3.8, 4) is 0 Å². The topological polar surface area (TPSA) is 35.5 Å². The Bertz CT molecular complexity index is 490. The summed E-state index contributed by atoms with van der Waals surface area (Å²) in [7, 11) is 0. The SMILES string of the molecule is CC(=O)O/C(C)=C1\C[C@H](CCc2ccccc2)O[C@@H]1C. The molecular formula is C17H22O3. The van der Waals surface area contributed by atoms with Crippen molar-refractivity contribution in [2.75, 3.05) is 0 Å². The zero-order valence-electron chi connectivity index (χ0n) is 12.4. The van der Waals surface area contributed by atoms with Crippen LogP contribution in [0.15, 0.2) is 41.7 Å². The Labute approximate surface area is 120 Å². The average molecular weight is 274 g/mol. The van der Waals surface area contributed by atoms with Gasteiger partial charge in [0.05, 0.1) is 12.2 Å². The van der Waals surface area contributed by atoms with Crippen LogP contribution in [0, 0.1) is 0 Å². The van der Waals surface area contributed by atoms with Crippen LogP contribution in [0.3, 0.4) is 0 Å². The van der Waals surface area contributed by atoms with E-state index in [1.54, 1.807) is 0 Å². The van der Waals surface area contributed by atoms with Crippen LogP contribution in [0.4, 0.5) is 0 Å². The van der Waals surface area contributed by atoms with E-state index in [2.05, 4.69) is 24.3 Å². The number of carbonyl (C=O) groups excluding carboxylic acids is 1. The second kappa shape index (κ2) is 6.71. The molecule has 2 atom stereocenters. The lowest BCUT2D eigenvalue weighted by atomic mass is 10.0. The highest BCUT2D eigenvalue weighted by atomic mass is 16.5. The van der Waals surface area contributed by atoms with Crippen LogP contribution >= 0.6 is 0 Å². The molecule has 0 N–H and O–H groups in total. The van der Waals surface area contributed by atoms with Crippen LogP contribution < -0.4 is 0 Å². The molecule has 3 heteroatoms. The van der Waals surface area contributed by atoms with Crippen molar-refractivity contribution >= 4 is 5.97 Å². The van der Waals surface area contributed by atoms with Gasteiger partial charge in [0.2, 0.25) is 0 Å². The summed E-state index contributed by atoms with van der Waals surface area (Å²) in [6.07, 6.45) is 3.11. The van der Waals surface area contributed by atoms with Crippen LogP contribution in [0.2, 0.25) is 0 Å². The maximum atomic E-state index is 11.0. The van der Waals surface area contributed by atoms with Crippen LogP contribution in [0.1, 0.15) is 39.2 Å². The van der Waals surface area contributed by atoms with E-state index < -0.39 is 0 Å². The van der Waals surface area contributed by atoms with E-state index in [-0.39, 0.29) is 18.2 Å². The third kappa shape index (κ3) is 3.94. The monoisotopic (exact) mass is 274 g/mol. The fraction of sp³-hybridized carbons (Fsp3) is 0.471. The normalized spacial score (nSPS) is 24.6. The number of esters is 1. The molecule has 0 saturated carbocycles. The number of aryl methyl sites for hydroxylation is 1. The molecule has 1 saturated heterocycles. The minimum Gasteiger partial charge on any atom is -0.432 e. The average Bonchev–Trinajstić information content (AvgIpc) is 2.78. The predicted octanol–water partition coefficient (Wildman–Crippen LogP) is 3.63. The molecular weight excluding hydrogens is 252 g/mol. The molecule has 0 spiro atoms. The van der Waals surface area contributed by atoms with E-state index in [4.69, 9.17) is 9.47 Å². The predicted molar refractivity (Wildman–Crippen MR) is 78.2 cm³/mol. The fourth-order valence-corrected chi connectivity index (χ4v) is 2.68. The first-order chi connectivity index (χ1) is 9.56. The lowest BCUT2D eigenvalue weighted by Gasteiger charge is -2.10. The van der Waals surface area contributed by atoms with E-state index in [1.165, 1.54) is 12.5 Å². The molecule has 0 bridgehead atoms. The molecule has 1 aliphatic rings. The van der Waals surface area contributed by atoms with Gasteiger partial charge in [-0.1, -0.05) is 30.3 Å². The molecule has 3 nitrogen and oxygen atoms in total. The van der Waals surface area contributed by atoms with Gasteiger partial charge in [-0.2, -0.15) is 0 Å². The van der Waals surface area contributed by atoms with Crippen molar-refractivity contribution in [2.24, 2.45) is 0 Å². The Morgan fingerprint density at radius 1 is 1.30 bits per heavy atom. The highest BCUT2D eigenvalue weighted by Gasteiger charge is 2.29. The quantitative estimate of drug-likeness (QED) is 0.621. The van der Waals surface area contributed by atoms with E-state index >= 15 is 0 Å². The van der Waals surface area contributed by atoms with Crippen molar-refractivity contribution in [1.82, 2.24) is 0 Å². The highest BCUT2D eigenvalue weighted by molar-refractivity contribution is 5.67. The number of hydrogen-bond acceptors (Lipinski definition) is 3. The molecule has 1 aliphatic heterocycles. The maximum Gasteiger partial charge on any atom is 0.307 e. The lowest BCUT2D eigenvalue weighted by molar-refractivity contribution is -0.136. The molecule has 0 amide bonds. The summed E-state index contributed by atoms with van der Waals surface area (Å²) in [5.41, 5.74) is 2.44. The largest absolute Gasteiger partial charge is 0.432 e. The first kappa shape index (κ1) is 14.8. The molecule has 1 aromatic rings. The molecule has 1 heterocycles. The zero-order chi connectivity index (χ0) is 14.5. The lowest BCUT2D eigenvalue weighted by Crippen LogP contribution is -2.09. The molecule has 1 aromatic carbocycles. The van der Waals surface area contributed by atoms with Crippen molar-refractivity contribution < 1.29 is 14.3 Å². The summed E-state index contributed by atoms with van der Waals surface area (Å²) in [5.74, 6) is 0.433. The summed E-state index contributed by atoms with van der Waals surface area (Å²) in [6.45, 7) is 5.29. The van der Waals surface area contributed by atoms with Gasteiger partial charge in [-0.25, -0.2) is 0 Å². The third-order valence-electron chi connectivity index (χ3n) is 3.68. The van der Waals surface area contributed by atoms with Gasteiger partial charge in [0.1, 0.15) is 5.76 Å². The zero-order valence-corrected chi connectivity index (χ0v) is 12.4. The Hall–Kier alpha value is -1.61. The summed E-state index contributed by atoms with van der Waals surface area (Å²) < 4.78 is 11.1. The molecule has 0 radical (unpaired) electrons. The van der Waals surface area contributed by atoms with Crippen LogP contribution in [0.5, 0.6) is 0 Å². The van der Waals surface area contributed by atoms with Crippen molar-refractivity contribution in [1.29, 1.82) is 0 Å². The maximum absolute atomic E-state index is 11.0. The van der Waals surface area contributed by atoms with E-state index in [0.717, 1.165) is 24.8 Å². The van der Waals surface area contributed by atoms with Crippen molar-refractivity contribution in [2.45, 2.75) is 52.2 Å². The van der Waals surface area contributed by atoms with Gasteiger partial charge in [0, 0.05) is 13.3 Å². The van der Waals surface area contributed by atoms with Crippen LogP contribution in [-0.2, 0) is 20.7 Å². The second-order valence-corrected chi connectivity index (χ2v) is 5.30. The van der Waals surface area contributed by atoms with E-state index in [0.29, 0.717) is 5.76 Å². The van der Waals surface area contributed by atoms with Gasteiger partial charge in [-0.05, 0) is 37.8 Å².